The van der Waals surface area contributed by atoms with Gasteiger partial charge in [-0.2, -0.15) is 0 Å². The zero-order chi connectivity index (χ0) is 23.4. The summed E-state index contributed by atoms with van der Waals surface area (Å²) in [4.78, 5) is 9.12. The van der Waals surface area contributed by atoms with Crippen LogP contribution >= 0.6 is 25.5 Å². The molecule has 0 aliphatic heterocycles. The molecule has 0 aliphatic rings. The molecule has 0 saturated carbocycles. The van der Waals surface area contributed by atoms with Gasteiger partial charge in [-0.3, -0.25) is 9.98 Å². The second-order valence-corrected chi connectivity index (χ2v) is 20.5. The van der Waals surface area contributed by atoms with E-state index in [1.165, 1.54) is 5.56 Å². The van der Waals surface area contributed by atoms with Crippen molar-refractivity contribution in [1.29, 1.82) is 0 Å². The van der Waals surface area contributed by atoms with Crippen molar-refractivity contribution >= 4 is 48.3 Å². The van der Waals surface area contributed by atoms with Crippen LogP contribution in [0.25, 0.3) is 10.9 Å². The Labute approximate surface area is 203 Å². The van der Waals surface area contributed by atoms with Gasteiger partial charge in [0, 0.05) is 28.9 Å². The topological polar surface area (TPSA) is 45.5 Å². The first-order valence-electron chi connectivity index (χ1n) is 9.90. The fourth-order valence-electron chi connectivity index (χ4n) is 3.09. The van der Waals surface area contributed by atoms with Gasteiger partial charge in [-0.1, -0.05) is 65.8 Å². The Hall–Kier alpha value is -0.927. The molecule has 1 heterocycles. The average molecular weight is 558 g/mol. The third-order valence-electron chi connectivity index (χ3n) is 4.77. The molecule has 1 aromatic heterocycles. The molecule has 0 bridgehead atoms. The summed E-state index contributed by atoms with van der Waals surface area (Å²) in [5, 5.41) is 12.0. The van der Waals surface area contributed by atoms with Gasteiger partial charge in [-0.05, 0) is 34.6 Å². The summed E-state index contributed by atoms with van der Waals surface area (Å²) in [7, 11) is 15.0. The number of aromatic hydroxyl groups is 1. The van der Waals surface area contributed by atoms with E-state index in [0.717, 1.165) is 27.7 Å². The van der Waals surface area contributed by atoms with E-state index in [9.17, 15) is 5.11 Å². The number of halogens is 3. The van der Waals surface area contributed by atoms with Gasteiger partial charge in [0.1, 0.15) is 5.75 Å². The molecule has 0 aliphatic carbocycles. The van der Waals surface area contributed by atoms with Gasteiger partial charge in [-0.25, -0.2) is 0 Å². The van der Waals surface area contributed by atoms with E-state index in [2.05, 4.69) is 57.6 Å². The predicted molar refractivity (Wildman–Crippen MR) is 132 cm³/mol. The van der Waals surface area contributed by atoms with Crippen LogP contribution in [0.3, 0.4) is 0 Å². The molecule has 165 valence electrons. The van der Waals surface area contributed by atoms with Crippen LogP contribution in [-0.4, -0.2) is 16.3 Å². The number of benzene rings is 2. The summed E-state index contributed by atoms with van der Waals surface area (Å²) in [6.07, 6.45) is 3.53. The van der Waals surface area contributed by atoms with Crippen molar-refractivity contribution < 1.29 is 23.3 Å². The predicted octanol–water partition coefficient (Wildman–Crippen LogP) is 8.35. The number of aliphatic imine (C=N–C) groups is 1. The Morgan fingerprint density at radius 2 is 1.55 bits per heavy atom. The van der Waals surface area contributed by atoms with Gasteiger partial charge >= 0.3 is 43.7 Å². The van der Waals surface area contributed by atoms with Crippen molar-refractivity contribution in [1.82, 2.24) is 4.98 Å². The summed E-state index contributed by atoms with van der Waals surface area (Å²) >= 11 is -2.13. The Morgan fingerprint density at radius 3 is 2.13 bits per heavy atom. The number of phenolic OH excluding ortho intramolecular Hbond substituents is 1. The second-order valence-electron chi connectivity index (χ2n) is 9.29. The zero-order valence-corrected chi connectivity index (χ0v) is 23.4. The van der Waals surface area contributed by atoms with E-state index in [0.29, 0.717) is 5.75 Å². The molecule has 0 atom stereocenters. The van der Waals surface area contributed by atoms with Crippen molar-refractivity contribution in [2.45, 2.75) is 52.4 Å². The third kappa shape index (κ3) is 7.57. The maximum atomic E-state index is 10.9. The fourth-order valence-corrected chi connectivity index (χ4v) is 3.09. The van der Waals surface area contributed by atoms with Crippen LogP contribution in [0.2, 0.25) is 0 Å². The number of aromatic nitrogens is 1. The Bertz CT molecular complexity index is 1060. The maximum absolute atomic E-state index is 10.9. The van der Waals surface area contributed by atoms with Crippen LogP contribution in [0.1, 0.15) is 58.2 Å². The summed E-state index contributed by atoms with van der Waals surface area (Å²) in [5.41, 5.74) is 4.34. The normalized spacial score (nSPS) is 12.0. The number of para-hydroxylation sites is 1. The molecule has 0 unspecified atom stereocenters. The summed E-state index contributed by atoms with van der Waals surface area (Å²) in [6.45, 7) is 12.9. The molecule has 0 amide bonds. The van der Waals surface area contributed by atoms with E-state index in [-0.39, 0.29) is 10.8 Å². The number of fused-ring (bicyclic) bond motifs is 1. The molecule has 0 radical (unpaired) electrons. The molecular weight excluding hydrogens is 530 g/mol. The van der Waals surface area contributed by atoms with Crippen molar-refractivity contribution in [3.63, 3.8) is 0 Å². The Morgan fingerprint density at radius 1 is 0.935 bits per heavy atom. The number of phenols is 1. The number of hydrogen-bond donors (Lipinski definition) is 1. The molecule has 0 saturated heterocycles. The summed E-state index contributed by atoms with van der Waals surface area (Å²) < 4.78 is 0. The van der Waals surface area contributed by atoms with Crippen LogP contribution in [0, 0.1) is 0 Å². The van der Waals surface area contributed by atoms with Crippen molar-refractivity contribution in [2.75, 3.05) is 0 Å². The third-order valence-corrected chi connectivity index (χ3v) is 4.77. The molecule has 3 nitrogen and oxygen atoms in total. The van der Waals surface area contributed by atoms with E-state index < -0.39 is 18.2 Å². The first kappa shape index (κ1) is 26.3. The van der Waals surface area contributed by atoms with Crippen LogP contribution in [-0.2, 0) is 29.0 Å². The molecular formula is C24H28Cl3N2OZr. The number of hydrogen-bond acceptors (Lipinski definition) is 3. The Kier molecular flexibility index (Phi) is 9.17. The SMILES string of the molecule is CC(C)(C)c1cc(C=Nc2cccc3cccnc23)c(O)c(C(C)(C)C)c1.[Cl][Zr]([Cl])[Cl]. The molecule has 31 heavy (non-hydrogen) atoms. The number of nitrogens with zero attached hydrogens (tertiary/aromatic N) is 2. The fraction of sp³-hybridized carbons (Fsp3) is 0.333. The van der Waals surface area contributed by atoms with Gasteiger partial charge < -0.3 is 5.11 Å². The van der Waals surface area contributed by atoms with Crippen LogP contribution in [0.4, 0.5) is 5.69 Å². The van der Waals surface area contributed by atoms with E-state index >= 15 is 0 Å². The van der Waals surface area contributed by atoms with Crippen molar-refractivity contribution in [3.8, 4) is 5.75 Å². The molecule has 1 N–H and O–H groups in total. The molecule has 0 fully saturated rings. The van der Waals surface area contributed by atoms with Gasteiger partial charge in [0.2, 0.25) is 0 Å². The van der Waals surface area contributed by atoms with E-state index in [4.69, 9.17) is 25.5 Å². The van der Waals surface area contributed by atoms with Gasteiger partial charge in [0.25, 0.3) is 0 Å². The second kappa shape index (κ2) is 10.8. The van der Waals surface area contributed by atoms with Crippen LogP contribution in [0.5, 0.6) is 5.75 Å². The molecule has 2 aromatic carbocycles. The van der Waals surface area contributed by atoms with E-state index in [1.807, 2.05) is 36.4 Å². The average Bonchev–Trinajstić information content (AvgIpc) is 2.65. The molecule has 3 aromatic rings. The monoisotopic (exact) mass is 555 g/mol. The zero-order valence-electron chi connectivity index (χ0n) is 18.7. The first-order valence-corrected chi connectivity index (χ1v) is 19.4. The van der Waals surface area contributed by atoms with E-state index in [1.54, 1.807) is 12.4 Å². The summed E-state index contributed by atoms with van der Waals surface area (Å²) in [5.74, 6) is 0.299. The molecule has 0 spiro atoms. The first-order chi connectivity index (χ1) is 14.3. The van der Waals surface area contributed by atoms with Gasteiger partial charge in [0.05, 0.1) is 11.2 Å². The summed E-state index contributed by atoms with van der Waals surface area (Å²) in [6, 6.07) is 14.0. The Balaban J connectivity index is 0.000000785. The van der Waals surface area contributed by atoms with Gasteiger partial charge in [0.15, 0.2) is 0 Å². The standard InChI is InChI=1S/C24H28N2O.3ClH.Zr/c1-23(2,3)18-13-17(22(27)19(14-18)24(4,5)6)15-26-20-11-7-9-16-10-8-12-25-21(16)20;;;;/h7-15,27H,1-6H3;3*1H;/q;;;;+3/p-3. The van der Waals surface area contributed by atoms with Crippen LogP contribution in [0.15, 0.2) is 53.7 Å². The minimum absolute atomic E-state index is 0.0166. The van der Waals surface area contributed by atoms with Crippen LogP contribution < -0.4 is 0 Å². The molecule has 3 rings (SSSR count). The quantitative estimate of drug-likeness (QED) is 0.322. The van der Waals surface area contributed by atoms with Crippen molar-refractivity contribution in [3.05, 3.63) is 65.4 Å². The van der Waals surface area contributed by atoms with Crippen molar-refractivity contribution in [2.24, 2.45) is 4.99 Å². The number of rotatable bonds is 2. The minimum atomic E-state index is -2.13. The molecule has 7 heteroatoms. The number of pyridine rings is 1. The van der Waals surface area contributed by atoms with Gasteiger partial charge in [-0.15, -0.1) is 0 Å².